The summed E-state index contributed by atoms with van der Waals surface area (Å²) in [6.45, 7) is 6.85. The number of aliphatic imine (C=N–C) groups is 1. The number of ketones is 1. The van der Waals surface area contributed by atoms with E-state index >= 15 is 0 Å². The molecule has 5 heteroatoms. The van der Waals surface area contributed by atoms with Gasteiger partial charge in [-0.3, -0.25) is 9.79 Å². The molecule has 116 valence electrons. The number of nitrogens with zero attached hydrogens (tertiary/aromatic N) is 1. The van der Waals surface area contributed by atoms with Crippen LogP contribution in [0.25, 0.3) is 0 Å². The van der Waals surface area contributed by atoms with Crippen LogP contribution in [-0.4, -0.2) is 29.2 Å². The first-order valence-electron chi connectivity index (χ1n) is 7.04. The minimum Gasteiger partial charge on any atom is -0.456 e. The van der Waals surface area contributed by atoms with Crippen molar-refractivity contribution in [3.63, 3.8) is 0 Å². The molecule has 1 heterocycles. The monoisotopic (exact) mass is 300 g/mol. The lowest BCUT2D eigenvalue weighted by molar-refractivity contribution is -0.150. The minimum atomic E-state index is -1.26. The maximum atomic E-state index is 12.6. The number of Topliss-reactive ketones (excluding diaryl/α,β-unsaturated/α-hetero) is 1. The van der Waals surface area contributed by atoms with Crippen LogP contribution in [0.3, 0.4) is 0 Å². The normalized spacial score (nSPS) is 21.1. The predicted octanol–water partition coefficient (Wildman–Crippen LogP) is 2.27. The molecule has 0 amide bonds. The van der Waals surface area contributed by atoms with Gasteiger partial charge in [-0.15, -0.1) is 0 Å². The Morgan fingerprint density at radius 3 is 2.32 bits per heavy atom. The molecule has 0 fully saturated rings. The average molecular weight is 300 g/mol. The van der Waals surface area contributed by atoms with Gasteiger partial charge < -0.3 is 10.5 Å². The lowest BCUT2D eigenvalue weighted by Crippen LogP contribution is -2.40. The Kier molecular flexibility index (Phi) is 4.02. The smallest absolute Gasteiger partial charge is 0.339 e. The van der Waals surface area contributed by atoms with Gasteiger partial charge in [0.05, 0.1) is 11.1 Å². The molecule has 1 unspecified atom stereocenters. The molecule has 0 spiro atoms. The average Bonchev–Trinajstić information content (AvgIpc) is 2.72. The fourth-order valence-electron chi connectivity index (χ4n) is 2.16. The molecular weight excluding hydrogens is 280 g/mol. The minimum absolute atomic E-state index is 0.0938. The zero-order valence-corrected chi connectivity index (χ0v) is 13.2. The first-order chi connectivity index (χ1) is 10.1. The van der Waals surface area contributed by atoms with E-state index < -0.39 is 17.2 Å². The summed E-state index contributed by atoms with van der Waals surface area (Å²) in [7, 11) is 0. The highest BCUT2D eigenvalue weighted by molar-refractivity contribution is 6.26. The van der Waals surface area contributed by atoms with Gasteiger partial charge in [-0.2, -0.15) is 0 Å². The Morgan fingerprint density at radius 1 is 1.18 bits per heavy atom. The fourth-order valence-corrected chi connectivity index (χ4v) is 2.16. The third kappa shape index (κ3) is 3.31. The van der Waals surface area contributed by atoms with Crippen LogP contribution in [-0.2, 0) is 9.53 Å². The van der Waals surface area contributed by atoms with Gasteiger partial charge in [-0.05, 0) is 27.7 Å². The molecule has 0 radical (unpaired) electrons. The number of nitrogens with two attached hydrogens (primary N) is 1. The van der Waals surface area contributed by atoms with Crippen LogP contribution in [0.2, 0.25) is 0 Å². The van der Waals surface area contributed by atoms with E-state index in [4.69, 9.17) is 10.5 Å². The van der Waals surface area contributed by atoms with E-state index in [9.17, 15) is 9.59 Å². The van der Waals surface area contributed by atoms with Crippen molar-refractivity contribution in [1.29, 1.82) is 0 Å². The Balaban J connectivity index is 2.45. The zero-order valence-electron chi connectivity index (χ0n) is 13.2. The van der Waals surface area contributed by atoms with Gasteiger partial charge in [0.15, 0.2) is 5.78 Å². The highest BCUT2D eigenvalue weighted by Gasteiger charge is 2.40. The Morgan fingerprint density at radius 2 is 1.77 bits per heavy atom. The number of carbonyl (C=O) groups is 2. The summed E-state index contributed by atoms with van der Waals surface area (Å²) in [4.78, 5) is 29.1. The van der Waals surface area contributed by atoms with E-state index in [0.29, 0.717) is 5.56 Å². The molecular formula is C17H20N2O3. The summed E-state index contributed by atoms with van der Waals surface area (Å²) in [5, 5.41) is 0. The van der Waals surface area contributed by atoms with Gasteiger partial charge in [-0.1, -0.05) is 30.3 Å². The van der Waals surface area contributed by atoms with Crippen LogP contribution in [0.4, 0.5) is 0 Å². The number of hydrogen-bond donors (Lipinski definition) is 1. The van der Waals surface area contributed by atoms with E-state index in [1.165, 1.54) is 6.21 Å². The van der Waals surface area contributed by atoms with Crippen molar-refractivity contribution in [3.8, 4) is 0 Å². The second kappa shape index (κ2) is 5.50. The van der Waals surface area contributed by atoms with Crippen molar-refractivity contribution in [3.05, 3.63) is 47.0 Å². The predicted molar refractivity (Wildman–Crippen MR) is 84.7 cm³/mol. The van der Waals surface area contributed by atoms with Gasteiger partial charge in [-0.25, -0.2) is 4.79 Å². The van der Waals surface area contributed by atoms with Crippen molar-refractivity contribution in [2.75, 3.05) is 0 Å². The largest absolute Gasteiger partial charge is 0.456 e. The van der Waals surface area contributed by atoms with E-state index in [-0.39, 0.29) is 16.9 Å². The van der Waals surface area contributed by atoms with Gasteiger partial charge in [0.1, 0.15) is 11.3 Å². The third-order valence-electron chi connectivity index (χ3n) is 3.12. The second-order valence-electron chi connectivity index (χ2n) is 6.39. The summed E-state index contributed by atoms with van der Waals surface area (Å²) < 4.78 is 5.36. The standard InChI is InChI=1S/C17H20N2O3/c1-16(2,3)22-15(21)13-12(10-19-17(13,4)18)14(20)11-8-6-5-7-9-11/h5-10H,18H2,1-4H3. The molecule has 0 aliphatic carbocycles. The molecule has 2 rings (SSSR count). The lowest BCUT2D eigenvalue weighted by Gasteiger charge is -2.24. The molecule has 1 aliphatic rings. The van der Waals surface area contributed by atoms with Crippen LogP contribution in [0.1, 0.15) is 38.1 Å². The van der Waals surface area contributed by atoms with E-state index in [0.717, 1.165) is 0 Å². The number of rotatable bonds is 3. The number of carbonyl (C=O) groups excluding carboxylic acids is 2. The van der Waals surface area contributed by atoms with Crippen molar-refractivity contribution in [2.45, 2.75) is 39.0 Å². The number of hydrogen-bond acceptors (Lipinski definition) is 5. The Hall–Kier alpha value is -2.27. The number of allylic oxidation sites excluding steroid dienone is 1. The Labute approximate surface area is 129 Å². The van der Waals surface area contributed by atoms with E-state index in [1.54, 1.807) is 52.0 Å². The maximum absolute atomic E-state index is 12.6. The molecule has 0 saturated carbocycles. The maximum Gasteiger partial charge on any atom is 0.339 e. The number of esters is 1. The molecule has 5 nitrogen and oxygen atoms in total. The Bertz CT molecular complexity index is 665. The van der Waals surface area contributed by atoms with Crippen molar-refractivity contribution in [2.24, 2.45) is 10.7 Å². The van der Waals surface area contributed by atoms with Crippen LogP contribution < -0.4 is 5.73 Å². The molecule has 22 heavy (non-hydrogen) atoms. The SMILES string of the molecule is CC(C)(C)OC(=O)C1=C(C(=O)c2ccccc2)C=NC1(C)N. The topological polar surface area (TPSA) is 81.8 Å². The second-order valence-corrected chi connectivity index (χ2v) is 6.39. The molecule has 1 aliphatic heterocycles. The first kappa shape index (κ1) is 16.1. The van der Waals surface area contributed by atoms with Crippen LogP contribution in [0.5, 0.6) is 0 Å². The molecule has 1 aromatic rings. The number of ether oxygens (including phenoxy) is 1. The van der Waals surface area contributed by atoms with E-state index in [2.05, 4.69) is 4.99 Å². The molecule has 1 atom stereocenters. The highest BCUT2D eigenvalue weighted by Crippen LogP contribution is 2.29. The first-order valence-corrected chi connectivity index (χ1v) is 7.04. The van der Waals surface area contributed by atoms with Crippen LogP contribution in [0, 0.1) is 0 Å². The molecule has 2 N–H and O–H groups in total. The summed E-state index contributed by atoms with van der Waals surface area (Å²) in [6.07, 6.45) is 1.36. The van der Waals surface area contributed by atoms with Gasteiger partial charge in [0.25, 0.3) is 0 Å². The molecule has 0 bridgehead atoms. The summed E-state index contributed by atoms with van der Waals surface area (Å²) in [5.74, 6) is -0.909. The van der Waals surface area contributed by atoms with Crippen LogP contribution >= 0.6 is 0 Å². The molecule has 0 aromatic heterocycles. The molecule has 0 saturated heterocycles. The molecule has 1 aromatic carbocycles. The van der Waals surface area contributed by atoms with Crippen LogP contribution in [0.15, 0.2) is 46.5 Å². The zero-order chi connectivity index (χ0) is 16.5. The quantitative estimate of drug-likeness (QED) is 0.685. The summed E-state index contributed by atoms with van der Waals surface area (Å²) in [6, 6.07) is 8.70. The van der Waals surface area contributed by atoms with Crippen molar-refractivity contribution < 1.29 is 14.3 Å². The summed E-state index contributed by atoms with van der Waals surface area (Å²) in [5.41, 5.74) is 4.85. The third-order valence-corrected chi connectivity index (χ3v) is 3.12. The van der Waals surface area contributed by atoms with Gasteiger partial charge in [0, 0.05) is 11.8 Å². The lowest BCUT2D eigenvalue weighted by atomic mass is 9.95. The number of benzene rings is 1. The van der Waals surface area contributed by atoms with Gasteiger partial charge in [0.2, 0.25) is 0 Å². The van der Waals surface area contributed by atoms with E-state index in [1.807, 2.05) is 6.07 Å². The van der Waals surface area contributed by atoms with Crippen molar-refractivity contribution in [1.82, 2.24) is 0 Å². The summed E-state index contributed by atoms with van der Waals surface area (Å²) >= 11 is 0. The van der Waals surface area contributed by atoms with Gasteiger partial charge >= 0.3 is 5.97 Å². The van der Waals surface area contributed by atoms with Crippen molar-refractivity contribution >= 4 is 18.0 Å². The fraction of sp³-hybridized carbons (Fsp3) is 0.353. The highest BCUT2D eigenvalue weighted by atomic mass is 16.6.